The Balaban J connectivity index is 1.90. The van der Waals surface area contributed by atoms with E-state index in [2.05, 4.69) is 0 Å². The number of hydrogen-bond acceptors (Lipinski definition) is 8. The highest BCUT2D eigenvalue weighted by Gasteiger charge is 2.47. The van der Waals surface area contributed by atoms with Crippen molar-refractivity contribution in [2.45, 2.75) is 10.9 Å². The number of benzene rings is 2. The zero-order valence-corrected chi connectivity index (χ0v) is 19.7. The summed E-state index contributed by atoms with van der Waals surface area (Å²) in [5.74, 6) is -1.41. The Hall–Kier alpha value is -3.67. The van der Waals surface area contributed by atoms with Crippen LogP contribution in [0.4, 0.5) is 5.69 Å². The van der Waals surface area contributed by atoms with E-state index in [9.17, 15) is 23.1 Å². The molecule has 1 atom stereocenters. The third-order valence-electron chi connectivity index (χ3n) is 5.36. The molecule has 0 radical (unpaired) electrons. The fourth-order valence-electron chi connectivity index (χ4n) is 3.75. The van der Waals surface area contributed by atoms with Crippen molar-refractivity contribution in [1.82, 2.24) is 0 Å². The normalized spacial score (nSPS) is 17.7. The molecule has 1 amide bonds. The maximum absolute atomic E-state index is 13.2. The molecule has 2 heterocycles. The van der Waals surface area contributed by atoms with Crippen LogP contribution in [-0.4, -0.2) is 39.4 Å². The molecule has 3 N–H and O–H groups in total. The molecule has 1 aliphatic heterocycles. The van der Waals surface area contributed by atoms with E-state index in [0.717, 1.165) is 0 Å². The van der Waals surface area contributed by atoms with Gasteiger partial charge in [-0.25, -0.2) is 13.6 Å². The van der Waals surface area contributed by atoms with E-state index >= 15 is 0 Å². The third kappa shape index (κ3) is 4.04. The standard InChI is InChI=1S/C23H20N2O7S2/c1-31-14-7-10-16(17(12-14)32-2)21(26)19-20(18-4-3-11-33-18)25(23(28)22(19)27)13-5-8-15(9-6-13)34(24,29)30/h3-12,20,26H,1-2H3,(H2,24,29,30)/b21-19-. The summed E-state index contributed by atoms with van der Waals surface area (Å²) < 4.78 is 33.8. The first-order chi connectivity index (χ1) is 16.2. The average molecular weight is 501 g/mol. The highest BCUT2D eigenvalue weighted by atomic mass is 32.2. The Bertz CT molecular complexity index is 1400. The molecule has 11 heteroatoms. The number of rotatable bonds is 6. The Labute approximate surface area is 199 Å². The number of ketones is 1. The molecule has 3 aromatic rings. The van der Waals surface area contributed by atoms with Crippen molar-refractivity contribution in [2.75, 3.05) is 19.1 Å². The quantitative estimate of drug-likeness (QED) is 0.302. The molecule has 176 valence electrons. The van der Waals surface area contributed by atoms with Gasteiger partial charge in [-0.05, 0) is 47.8 Å². The number of nitrogens with two attached hydrogens (primary N) is 1. The number of methoxy groups -OCH3 is 2. The largest absolute Gasteiger partial charge is 0.507 e. The number of hydrogen-bond donors (Lipinski definition) is 2. The van der Waals surface area contributed by atoms with Crippen LogP contribution in [0.25, 0.3) is 5.76 Å². The topological polar surface area (TPSA) is 136 Å². The van der Waals surface area contributed by atoms with Crippen LogP contribution in [0.2, 0.25) is 0 Å². The number of primary sulfonamides is 1. The highest BCUT2D eigenvalue weighted by molar-refractivity contribution is 7.89. The molecule has 1 unspecified atom stereocenters. The van der Waals surface area contributed by atoms with Crippen LogP contribution in [0.3, 0.4) is 0 Å². The first-order valence-corrected chi connectivity index (χ1v) is 12.3. The number of aliphatic hydroxyl groups is 1. The van der Waals surface area contributed by atoms with Gasteiger partial charge in [0.2, 0.25) is 10.0 Å². The number of ether oxygens (including phenoxy) is 2. The zero-order chi connectivity index (χ0) is 24.6. The molecule has 1 saturated heterocycles. The van der Waals surface area contributed by atoms with Gasteiger partial charge < -0.3 is 14.6 Å². The van der Waals surface area contributed by atoms with Gasteiger partial charge in [0, 0.05) is 16.6 Å². The predicted octanol–water partition coefficient (Wildman–Crippen LogP) is 3.04. The van der Waals surface area contributed by atoms with E-state index in [1.165, 1.54) is 60.8 Å². The molecule has 1 aromatic heterocycles. The number of aliphatic hydroxyl groups excluding tert-OH is 1. The summed E-state index contributed by atoms with van der Waals surface area (Å²) in [6, 6.07) is 12.5. The molecular weight excluding hydrogens is 480 g/mol. The van der Waals surface area contributed by atoms with E-state index in [0.29, 0.717) is 10.6 Å². The summed E-state index contributed by atoms with van der Waals surface area (Å²) in [6.07, 6.45) is 0. The first kappa shape index (κ1) is 23.5. The van der Waals surface area contributed by atoms with Crippen molar-refractivity contribution in [2.24, 2.45) is 5.14 Å². The fraction of sp³-hybridized carbons (Fsp3) is 0.130. The second-order valence-corrected chi connectivity index (χ2v) is 9.83. The van der Waals surface area contributed by atoms with E-state index in [-0.39, 0.29) is 27.5 Å². The monoisotopic (exact) mass is 500 g/mol. The fourth-order valence-corrected chi connectivity index (χ4v) is 5.09. The van der Waals surface area contributed by atoms with Gasteiger partial charge in [0.05, 0.1) is 30.3 Å². The second kappa shape index (κ2) is 8.93. The van der Waals surface area contributed by atoms with Crippen molar-refractivity contribution in [3.63, 3.8) is 0 Å². The molecule has 0 saturated carbocycles. The summed E-state index contributed by atoms with van der Waals surface area (Å²) in [7, 11) is -1.05. The molecule has 0 bridgehead atoms. The minimum atomic E-state index is -3.94. The van der Waals surface area contributed by atoms with Crippen molar-refractivity contribution >= 4 is 44.5 Å². The van der Waals surface area contributed by atoms with Crippen molar-refractivity contribution in [3.8, 4) is 11.5 Å². The Kier molecular flexibility index (Phi) is 6.17. The van der Waals surface area contributed by atoms with E-state index in [1.54, 1.807) is 29.6 Å². The number of amides is 1. The van der Waals surface area contributed by atoms with Gasteiger partial charge in [-0.1, -0.05) is 6.07 Å². The molecule has 1 fully saturated rings. The van der Waals surface area contributed by atoms with Crippen LogP contribution in [0.5, 0.6) is 11.5 Å². The molecule has 34 heavy (non-hydrogen) atoms. The number of Topliss-reactive ketones (excluding diaryl/α,β-unsaturated/α-hetero) is 1. The summed E-state index contributed by atoms with van der Waals surface area (Å²) in [4.78, 5) is 28.0. The zero-order valence-electron chi connectivity index (χ0n) is 18.1. The predicted molar refractivity (Wildman–Crippen MR) is 126 cm³/mol. The number of sulfonamides is 1. The van der Waals surface area contributed by atoms with E-state index in [1.807, 2.05) is 0 Å². The van der Waals surface area contributed by atoms with Crippen LogP contribution in [0.1, 0.15) is 16.5 Å². The van der Waals surface area contributed by atoms with Crippen LogP contribution >= 0.6 is 11.3 Å². The molecule has 0 spiro atoms. The van der Waals surface area contributed by atoms with Crippen molar-refractivity contribution < 1.29 is 32.6 Å². The number of thiophene rings is 1. The van der Waals surface area contributed by atoms with Gasteiger partial charge in [0.1, 0.15) is 23.3 Å². The van der Waals surface area contributed by atoms with Gasteiger partial charge in [0.25, 0.3) is 11.7 Å². The lowest BCUT2D eigenvalue weighted by Gasteiger charge is -2.24. The van der Waals surface area contributed by atoms with Gasteiger partial charge >= 0.3 is 0 Å². The lowest BCUT2D eigenvalue weighted by atomic mass is 9.99. The molecule has 9 nitrogen and oxygen atoms in total. The summed E-state index contributed by atoms with van der Waals surface area (Å²) >= 11 is 1.30. The Morgan fingerprint density at radius 1 is 1.06 bits per heavy atom. The lowest BCUT2D eigenvalue weighted by Crippen LogP contribution is -2.29. The summed E-state index contributed by atoms with van der Waals surface area (Å²) in [5, 5.41) is 18.2. The molecule has 2 aromatic carbocycles. The number of nitrogens with zero attached hydrogens (tertiary/aromatic N) is 1. The number of carbonyl (C=O) groups excluding carboxylic acids is 2. The van der Waals surface area contributed by atoms with Gasteiger partial charge in [-0.15, -0.1) is 11.3 Å². The average Bonchev–Trinajstić information content (AvgIpc) is 3.44. The smallest absolute Gasteiger partial charge is 0.300 e. The van der Waals surface area contributed by atoms with E-state index < -0.39 is 33.5 Å². The maximum atomic E-state index is 13.2. The van der Waals surface area contributed by atoms with Crippen LogP contribution < -0.4 is 19.5 Å². The minimum Gasteiger partial charge on any atom is -0.507 e. The third-order valence-corrected chi connectivity index (χ3v) is 7.22. The van der Waals surface area contributed by atoms with Gasteiger partial charge in [-0.3, -0.25) is 14.5 Å². The summed E-state index contributed by atoms with van der Waals surface area (Å²) in [5.41, 5.74) is 0.368. The Morgan fingerprint density at radius 3 is 2.32 bits per heavy atom. The maximum Gasteiger partial charge on any atom is 0.300 e. The summed E-state index contributed by atoms with van der Waals surface area (Å²) in [6.45, 7) is 0. The van der Waals surface area contributed by atoms with Crippen molar-refractivity contribution in [1.29, 1.82) is 0 Å². The van der Waals surface area contributed by atoms with Crippen molar-refractivity contribution in [3.05, 3.63) is 76.0 Å². The van der Waals surface area contributed by atoms with E-state index in [4.69, 9.17) is 14.6 Å². The van der Waals surface area contributed by atoms with Crippen LogP contribution in [0, 0.1) is 0 Å². The number of anilines is 1. The molecule has 1 aliphatic rings. The molecule has 0 aliphatic carbocycles. The Morgan fingerprint density at radius 2 is 1.76 bits per heavy atom. The van der Waals surface area contributed by atoms with Crippen LogP contribution in [0.15, 0.2) is 70.4 Å². The first-order valence-electron chi connectivity index (χ1n) is 9.87. The lowest BCUT2D eigenvalue weighted by molar-refractivity contribution is -0.132. The second-order valence-electron chi connectivity index (χ2n) is 7.29. The SMILES string of the molecule is COc1ccc(/C(O)=C2/C(=O)C(=O)N(c3ccc(S(N)(=O)=O)cc3)C2c2cccs2)c(OC)c1. The highest BCUT2D eigenvalue weighted by Crippen LogP contribution is 2.44. The molecular formula is C23H20N2O7S2. The number of carbonyl (C=O) groups is 2. The van der Waals surface area contributed by atoms with Crippen LogP contribution in [-0.2, 0) is 19.6 Å². The molecule has 4 rings (SSSR count). The van der Waals surface area contributed by atoms with Gasteiger partial charge in [-0.2, -0.15) is 0 Å². The van der Waals surface area contributed by atoms with Gasteiger partial charge in [0.15, 0.2) is 0 Å². The minimum absolute atomic E-state index is 0.119.